The Labute approximate surface area is 140 Å². The summed E-state index contributed by atoms with van der Waals surface area (Å²) in [6.07, 6.45) is 0. The van der Waals surface area contributed by atoms with Gasteiger partial charge in [-0.3, -0.25) is 10.1 Å². The highest BCUT2D eigenvalue weighted by atomic mass is 32.2. The molecule has 24 heavy (non-hydrogen) atoms. The number of hydrogen-bond donors (Lipinski definition) is 0. The van der Waals surface area contributed by atoms with Crippen LogP contribution >= 0.6 is 11.8 Å². The number of tetrazole rings is 1. The molecule has 7 nitrogen and oxygen atoms in total. The van der Waals surface area contributed by atoms with Crippen molar-refractivity contribution in [1.82, 2.24) is 20.2 Å². The van der Waals surface area contributed by atoms with Gasteiger partial charge in [0.25, 0.3) is 5.69 Å². The molecule has 0 saturated heterocycles. The van der Waals surface area contributed by atoms with E-state index in [4.69, 9.17) is 0 Å². The first-order valence-corrected chi connectivity index (χ1v) is 7.88. The second-order valence-electron chi connectivity index (χ2n) is 4.97. The molecule has 1 heterocycles. The molecule has 2 aromatic carbocycles. The molecule has 0 aliphatic carbocycles. The third kappa shape index (κ3) is 3.40. The summed E-state index contributed by atoms with van der Waals surface area (Å²) in [5, 5.41) is 22.7. The number of non-ortho nitro benzene ring substituents is 1. The molecule has 0 amide bonds. The van der Waals surface area contributed by atoms with E-state index < -0.39 is 4.92 Å². The molecule has 0 N–H and O–H groups in total. The second-order valence-corrected chi connectivity index (χ2v) is 6.27. The zero-order chi connectivity index (χ0) is 17.1. The van der Waals surface area contributed by atoms with Crippen LogP contribution in [0.3, 0.4) is 0 Å². The zero-order valence-corrected chi connectivity index (χ0v) is 13.4. The van der Waals surface area contributed by atoms with Gasteiger partial charge in [-0.25, -0.2) is 4.39 Å². The highest BCUT2D eigenvalue weighted by Crippen LogP contribution is 2.35. The maximum absolute atomic E-state index is 13.4. The van der Waals surface area contributed by atoms with Crippen molar-refractivity contribution in [2.24, 2.45) is 0 Å². The molecule has 0 bridgehead atoms. The molecule has 0 unspecified atom stereocenters. The molecular weight excluding hydrogens is 333 g/mol. The number of halogens is 1. The Bertz CT molecular complexity index is 886. The van der Waals surface area contributed by atoms with E-state index in [-0.39, 0.29) is 16.8 Å². The van der Waals surface area contributed by atoms with Crippen LogP contribution in [0, 0.1) is 15.9 Å². The van der Waals surface area contributed by atoms with Crippen LogP contribution in [0.15, 0.2) is 53.7 Å². The van der Waals surface area contributed by atoms with Crippen LogP contribution < -0.4 is 0 Å². The molecule has 3 rings (SSSR count). The molecule has 0 saturated carbocycles. The van der Waals surface area contributed by atoms with E-state index in [0.29, 0.717) is 10.8 Å². The summed E-state index contributed by atoms with van der Waals surface area (Å²) in [4.78, 5) is 10.5. The predicted octanol–water partition coefficient (Wildman–Crippen LogP) is 3.56. The lowest BCUT2D eigenvalue weighted by molar-refractivity contribution is -0.384. The summed E-state index contributed by atoms with van der Waals surface area (Å²) in [5.41, 5.74) is 1.32. The van der Waals surface area contributed by atoms with Gasteiger partial charge in [0.1, 0.15) is 5.82 Å². The lowest BCUT2D eigenvalue weighted by Crippen LogP contribution is -2.01. The fraction of sp³-hybridized carbons (Fsp3) is 0.133. The summed E-state index contributed by atoms with van der Waals surface area (Å²) in [5.74, 6) is -0.384. The first-order valence-electron chi connectivity index (χ1n) is 7.00. The van der Waals surface area contributed by atoms with Crippen LogP contribution in [0.25, 0.3) is 5.69 Å². The number of nitro benzene ring substituents is 1. The quantitative estimate of drug-likeness (QED) is 0.399. The van der Waals surface area contributed by atoms with Crippen molar-refractivity contribution in [2.45, 2.75) is 17.3 Å². The van der Waals surface area contributed by atoms with Crippen molar-refractivity contribution in [3.63, 3.8) is 0 Å². The Balaban J connectivity index is 1.86. The van der Waals surface area contributed by atoms with E-state index >= 15 is 0 Å². The molecule has 0 fully saturated rings. The van der Waals surface area contributed by atoms with Gasteiger partial charge in [0.15, 0.2) is 0 Å². The van der Waals surface area contributed by atoms with Gasteiger partial charge < -0.3 is 0 Å². The van der Waals surface area contributed by atoms with E-state index in [1.54, 1.807) is 24.3 Å². The van der Waals surface area contributed by atoms with E-state index in [1.807, 2.05) is 6.92 Å². The SMILES string of the molecule is C[C@H](Sc1nnnn1-c1cccc(F)c1)c1cccc([N+](=O)[O-])c1. The van der Waals surface area contributed by atoms with Gasteiger partial charge in [-0.2, -0.15) is 4.68 Å². The van der Waals surface area contributed by atoms with Crippen LogP contribution in [0.2, 0.25) is 0 Å². The van der Waals surface area contributed by atoms with E-state index in [2.05, 4.69) is 15.5 Å². The number of nitro groups is 1. The van der Waals surface area contributed by atoms with Crippen molar-refractivity contribution >= 4 is 17.4 Å². The van der Waals surface area contributed by atoms with Crippen molar-refractivity contribution in [3.8, 4) is 5.69 Å². The van der Waals surface area contributed by atoms with Crippen molar-refractivity contribution in [3.05, 3.63) is 70.0 Å². The number of rotatable bonds is 5. The number of hydrogen-bond acceptors (Lipinski definition) is 6. The molecule has 9 heteroatoms. The largest absolute Gasteiger partial charge is 0.269 e. The van der Waals surface area contributed by atoms with Crippen molar-refractivity contribution < 1.29 is 9.31 Å². The summed E-state index contributed by atoms with van der Waals surface area (Å²) < 4.78 is 14.8. The average Bonchev–Trinajstić information content (AvgIpc) is 3.03. The third-order valence-electron chi connectivity index (χ3n) is 3.33. The maximum atomic E-state index is 13.4. The van der Waals surface area contributed by atoms with Crippen LogP contribution in [-0.2, 0) is 0 Å². The van der Waals surface area contributed by atoms with Crippen molar-refractivity contribution in [2.75, 3.05) is 0 Å². The maximum Gasteiger partial charge on any atom is 0.269 e. The van der Waals surface area contributed by atoms with Gasteiger partial charge in [-0.1, -0.05) is 30.0 Å². The number of aromatic nitrogens is 4. The molecule has 1 atom stereocenters. The van der Waals surface area contributed by atoms with Gasteiger partial charge in [0, 0.05) is 17.4 Å². The lowest BCUT2D eigenvalue weighted by atomic mass is 10.1. The summed E-state index contributed by atoms with van der Waals surface area (Å²) >= 11 is 1.33. The fourth-order valence-electron chi connectivity index (χ4n) is 2.14. The molecule has 0 radical (unpaired) electrons. The Morgan fingerprint density at radius 1 is 1.25 bits per heavy atom. The summed E-state index contributed by atoms with van der Waals surface area (Å²) in [6, 6.07) is 12.4. The normalized spacial score (nSPS) is 12.1. The molecule has 0 aliphatic heterocycles. The number of thioether (sulfide) groups is 1. The van der Waals surface area contributed by atoms with Crippen LogP contribution in [-0.4, -0.2) is 25.1 Å². The van der Waals surface area contributed by atoms with Crippen LogP contribution in [0.1, 0.15) is 17.7 Å². The Hall–Kier alpha value is -2.81. The first kappa shape index (κ1) is 16.1. The van der Waals surface area contributed by atoms with Crippen LogP contribution in [0.5, 0.6) is 0 Å². The molecule has 1 aromatic heterocycles. The van der Waals surface area contributed by atoms with Crippen LogP contribution in [0.4, 0.5) is 10.1 Å². The Kier molecular flexibility index (Phi) is 4.52. The second kappa shape index (κ2) is 6.75. The molecule has 0 spiro atoms. The van der Waals surface area contributed by atoms with E-state index in [1.165, 1.54) is 40.7 Å². The molecular formula is C15H12FN5O2S. The predicted molar refractivity (Wildman–Crippen MR) is 86.5 cm³/mol. The van der Waals surface area contributed by atoms with E-state index in [0.717, 1.165) is 5.56 Å². The number of benzene rings is 2. The van der Waals surface area contributed by atoms with Gasteiger partial charge in [-0.05, 0) is 41.1 Å². The minimum Gasteiger partial charge on any atom is -0.258 e. The Morgan fingerprint density at radius 3 is 2.79 bits per heavy atom. The molecule has 3 aromatic rings. The van der Waals surface area contributed by atoms with Gasteiger partial charge in [-0.15, -0.1) is 5.10 Å². The minimum absolute atomic E-state index is 0.0321. The van der Waals surface area contributed by atoms with Gasteiger partial charge >= 0.3 is 0 Å². The highest BCUT2D eigenvalue weighted by Gasteiger charge is 2.17. The lowest BCUT2D eigenvalue weighted by Gasteiger charge is -2.11. The highest BCUT2D eigenvalue weighted by molar-refractivity contribution is 7.99. The zero-order valence-electron chi connectivity index (χ0n) is 12.5. The van der Waals surface area contributed by atoms with E-state index in [9.17, 15) is 14.5 Å². The van der Waals surface area contributed by atoms with Gasteiger partial charge in [0.2, 0.25) is 5.16 Å². The monoisotopic (exact) mass is 345 g/mol. The van der Waals surface area contributed by atoms with Gasteiger partial charge in [0.05, 0.1) is 10.6 Å². The molecule has 0 aliphatic rings. The average molecular weight is 345 g/mol. The topological polar surface area (TPSA) is 86.7 Å². The minimum atomic E-state index is -0.433. The smallest absolute Gasteiger partial charge is 0.258 e. The molecule has 122 valence electrons. The first-order chi connectivity index (χ1) is 11.5. The third-order valence-corrected chi connectivity index (χ3v) is 4.42. The van der Waals surface area contributed by atoms with Crippen molar-refractivity contribution in [1.29, 1.82) is 0 Å². The standard InChI is InChI=1S/C15H12FN5O2S/c1-10(11-4-2-7-14(8-11)21(22)23)24-15-17-18-19-20(15)13-6-3-5-12(16)9-13/h2-10H,1H3/t10-/m0/s1. The summed E-state index contributed by atoms with van der Waals surface area (Å²) in [7, 11) is 0. The summed E-state index contributed by atoms with van der Waals surface area (Å²) in [6.45, 7) is 1.90. The number of nitrogens with zero attached hydrogens (tertiary/aromatic N) is 5. The Morgan fingerprint density at radius 2 is 2.04 bits per heavy atom. The fourth-order valence-corrected chi connectivity index (χ4v) is 3.06.